The molecule has 5 nitrogen and oxygen atoms in total. The number of hydrogen-bond acceptors (Lipinski definition) is 4. The van der Waals surface area contributed by atoms with Crippen molar-refractivity contribution in [1.29, 1.82) is 0 Å². The van der Waals surface area contributed by atoms with Crippen LogP contribution in [0.2, 0.25) is 0 Å². The highest BCUT2D eigenvalue weighted by molar-refractivity contribution is 7.89. The van der Waals surface area contributed by atoms with E-state index in [1.165, 1.54) is 24.6 Å². The van der Waals surface area contributed by atoms with Crippen LogP contribution in [0, 0.1) is 0 Å². The number of halogens is 1. The predicted octanol–water partition coefficient (Wildman–Crippen LogP) is 1.54. The Bertz CT molecular complexity index is 526. The number of rotatable bonds is 6. The van der Waals surface area contributed by atoms with Gasteiger partial charge < -0.3 is 4.90 Å². The minimum Gasteiger partial charge on any atom is -0.352 e. The molecule has 0 amide bonds. The fraction of sp³-hybridized carbons (Fsp3) is 0.583. The van der Waals surface area contributed by atoms with Crippen molar-refractivity contribution in [1.82, 2.24) is 9.29 Å². The molecule has 1 saturated carbocycles. The lowest BCUT2D eigenvalue weighted by Crippen LogP contribution is -2.29. The smallest absolute Gasteiger partial charge is 0.244 e. The van der Waals surface area contributed by atoms with E-state index in [1.807, 2.05) is 0 Å². The Hall–Kier alpha value is -0.850. The standard InChI is InChI=1S/C12H18ClN3O2S/c1-15(2)19(17,18)11-5-6-12(14-9-11)16(8-7-13)10-3-4-10/h5-6,9-10H,3-4,7-8H2,1-2H3. The molecular weight excluding hydrogens is 286 g/mol. The van der Waals surface area contributed by atoms with Crippen molar-refractivity contribution in [2.75, 3.05) is 31.4 Å². The van der Waals surface area contributed by atoms with Crippen LogP contribution in [0.1, 0.15) is 12.8 Å². The third-order valence-electron chi connectivity index (χ3n) is 3.11. The van der Waals surface area contributed by atoms with Gasteiger partial charge >= 0.3 is 0 Å². The normalized spacial score (nSPS) is 15.8. The second-order valence-electron chi connectivity index (χ2n) is 4.75. The molecule has 1 fully saturated rings. The van der Waals surface area contributed by atoms with E-state index in [4.69, 9.17) is 11.6 Å². The lowest BCUT2D eigenvalue weighted by Gasteiger charge is -2.22. The van der Waals surface area contributed by atoms with E-state index in [9.17, 15) is 8.42 Å². The van der Waals surface area contributed by atoms with E-state index in [2.05, 4.69) is 9.88 Å². The molecule has 0 unspecified atom stereocenters. The zero-order valence-corrected chi connectivity index (χ0v) is 12.7. The maximum atomic E-state index is 11.9. The topological polar surface area (TPSA) is 53.5 Å². The SMILES string of the molecule is CN(C)S(=O)(=O)c1ccc(N(CCCl)C2CC2)nc1. The minimum absolute atomic E-state index is 0.211. The highest BCUT2D eigenvalue weighted by Crippen LogP contribution is 2.30. The monoisotopic (exact) mass is 303 g/mol. The van der Waals surface area contributed by atoms with E-state index >= 15 is 0 Å². The highest BCUT2D eigenvalue weighted by Gasteiger charge is 2.29. The number of nitrogens with zero attached hydrogens (tertiary/aromatic N) is 3. The summed E-state index contributed by atoms with van der Waals surface area (Å²) < 4.78 is 25.1. The Balaban J connectivity index is 2.22. The fourth-order valence-electron chi connectivity index (χ4n) is 1.87. The molecule has 0 N–H and O–H groups in total. The molecule has 0 aromatic carbocycles. The highest BCUT2D eigenvalue weighted by atomic mass is 35.5. The first-order chi connectivity index (χ1) is 8.96. The third kappa shape index (κ3) is 3.19. The average molecular weight is 304 g/mol. The van der Waals surface area contributed by atoms with Gasteiger partial charge in [-0.1, -0.05) is 0 Å². The Kier molecular flexibility index (Phi) is 4.32. The number of aromatic nitrogens is 1. The molecular formula is C12H18ClN3O2S. The molecule has 0 atom stereocenters. The second-order valence-corrected chi connectivity index (χ2v) is 7.28. The number of sulfonamides is 1. The van der Waals surface area contributed by atoms with Crippen LogP contribution in [0.4, 0.5) is 5.82 Å². The van der Waals surface area contributed by atoms with Gasteiger partial charge in [0.2, 0.25) is 10.0 Å². The summed E-state index contributed by atoms with van der Waals surface area (Å²) in [4.78, 5) is 6.62. The molecule has 1 aromatic heterocycles. The molecule has 0 aliphatic heterocycles. The summed E-state index contributed by atoms with van der Waals surface area (Å²) in [7, 11) is -0.396. The van der Waals surface area contributed by atoms with Gasteiger partial charge in [0, 0.05) is 38.8 Å². The summed E-state index contributed by atoms with van der Waals surface area (Å²) >= 11 is 5.79. The second kappa shape index (κ2) is 5.64. The van der Waals surface area contributed by atoms with Crippen molar-refractivity contribution in [2.45, 2.75) is 23.8 Å². The first kappa shape index (κ1) is 14.6. The summed E-state index contributed by atoms with van der Waals surface area (Å²) in [5.41, 5.74) is 0. The molecule has 0 radical (unpaired) electrons. The summed E-state index contributed by atoms with van der Waals surface area (Å²) in [6.45, 7) is 0.735. The summed E-state index contributed by atoms with van der Waals surface area (Å²) in [6, 6.07) is 3.85. The van der Waals surface area contributed by atoms with Crippen LogP contribution >= 0.6 is 11.6 Å². The third-order valence-corrected chi connectivity index (χ3v) is 5.07. The van der Waals surface area contributed by atoms with E-state index in [-0.39, 0.29) is 4.90 Å². The Morgan fingerprint density at radius 1 is 1.37 bits per heavy atom. The van der Waals surface area contributed by atoms with E-state index in [1.54, 1.807) is 12.1 Å². The van der Waals surface area contributed by atoms with Crippen molar-refractivity contribution in [3.63, 3.8) is 0 Å². The number of anilines is 1. The molecule has 19 heavy (non-hydrogen) atoms. The number of hydrogen-bond donors (Lipinski definition) is 0. The molecule has 1 aliphatic rings. The molecule has 0 bridgehead atoms. The number of pyridine rings is 1. The maximum absolute atomic E-state index is 11.9. The van der Waals surface area contributed by atoms with Crippen molar-refractivity contribution in [3.05, 3.63) is 18.3 Å². The lowest BCUT2D eigenvalue weighted by molar-refractivity contribution is 0.520. The summed E-state index contributed by atoms with van der Waals surface area (Å²) in [5.74, 6) is 1.33. The van der Waals surface area contributed by atoms with Gasteiger partial charge in [-0.15, -0.1) is 11.6 Å². The molecule has 0 saturated heterocycles. The van der Waals surface area contributed by atoms with Crippen LogP contribution in [0.15, 0.2) is 23.2 Å². The van der Waals surface area contributed by atoms with Crippen LogP contribution in [-0.2, 0) is 10.0 Å². The average Bonchev–Trinajstić information content (AvgIpc) is 3.20. The van der Waals surface area contributed by atoms with Crippen LogP contribution in [0.25, 0.3) is 0 Å². The van der Waals surface area contributed by atoms with E-state index in [0.29, 0.717) is 11.9 Å². The van der Waals surface area contributed by atoms with Gasteiger partial charge in [-0.2, -0.15) is 0 Å². The van der Waals surface area contributed by atoms with Crippen molar-refractivity contribution in [3.8, 4) is 0 Å². The fourth-order valence-corrected chi connectivity index (χ4v) is 2.90. The molecule has 1 heterocycles. The molecule has 1 aromatic rings. The number of alkyl halides is 1. The quantitative estimate of drug-likeness (QED) is 0.748. The van der Waals surface area contributed by atoms with Gasteiger partial charge in [-0.05, 0) is 25.0 Å². The van der Waals surface area contributed by atoms with Gasteiger partial charge in [-0.3, -0.25) is 0 Å². The predicted molar refractivity (Wildman–Crippen MR) is 76.2 cm³/mol. The molecule has 2 rings (SSSR count). The van der Waals surface area contributed by atoms with Crippen LogP contribution in [-0.4, -0.2) is 50.3 Å². The van der Waals surface area contributed by atoms with Gasteiger partial charge in [-0.25, -0.2) is 17.7 Å². The van der Waals surface area contributed by atoms with Crippen molar-refractivity contribution >= 4 is 27.4 Å². The Morgan fingerprint density at radius 2 is 2.05 bits per heavy atom. The maximum Gasteiger partial charge on any atom is 0.244 e. The molecule has 1 aliphatic carbocycles. The van der Waals surface area contributed by atoms with Gasteiger partial charge in [0.05, 0.1) is 0 Å². The van der Waals surface area contributed by atoms with Crippen LogP contribution < -0.4 is 4.90 Å². The Labute approximate surface area is 119 Å². The zero-order chi connectivity index (χ0) is 14.0. The van der Waals surface area contributed by atoms with Gasteiger partial charge in [0.1, 0.15) is 10.7 Å². The van der Waals surface area contributed by atoms with Crippen molar-refractivity contribution < 1.29 is 8.42 Å². The van der Waals surface area contributed by atoms with E-state index < -0.39 is 10.0 Å². The minimum atomic E-state index is -3.41. The summed E-state index contributed by atoms with van der Waals surface area (Å²) in [5, 5.41) is 0. The van der Waals surface area contributed by atoms with Crippen LogP contribution in [0.5, 0.6) is 0 Å². The first-order valence-corrected chi connectivity index (χ1v) is 8.15. The van der Waals surface area contributed by atoms with E-state index in [0.717, 1.165) is 25.2 Å². The molecule has 0 spiro atoms. The molecule has 7 heteroatoms. The van der Waals surface area contributed by atoms with Crippen molar-refractivity contribution in [2.24, 2.45) is 0 Å². The largest absolute Gasteiger partial charge is 0.352 e. The van der Waals surface area contributed by atoms with Gasteiger partial charge in [0.25, 0.3) is 0 Å². The zero-order valence-electron chi connectivity index (χ0n) is 11.1. The Morgan fingerprint density at radius 3 is 2.47 bits per heavy atom. The molecule has 106 valence electrons. The lowest BCUT2D eigenvalue weighted by atomic mass is 10.4. The summed E-state index contributed by atoms with van der Waals surface area (Å²) in [6.07, 6.45) is 3.71. The van der Waals surface area contributed by atoms with Gasteiger partial charge in [0.15, 0.2) is 0 Å². The first-order valence-electron chi connectivity index (χ1n) is 6.18. The van der Waals surface area contributed by atoms with Crippen LogP contribution in [0.3, 0.4) is 0 Å².